The van der Waals surface area contributed by atoms with Crippen molar-refractivity contribution in [2.24, 2.45) is 5.92 Å². The second kappa shape index (κ2) is 8.27. The summed E-state index contributed by atoms with van der Waals surface area (Å²) in [5, 5.41) is 19.0. The molecule has 1 aromatic heterocycles. The van der Waals surface area contributed by atoms with Gasteiger partial charge in [0.2, 0.25) is 0 Å². The van der Waals surface area contributed by atoms with E-state index in [2.05, 4.69) is 9.97 Å². The van der Waals surface area contributed by atoms with Crippen LogP contribution in [-0.2, 0) is 14.1 Å². The summed E-state index contributed by atoms with van der Waals surface area (Å²) >= 11 is 1.54. The maximum Gasteiger partial charge on any atom is 0.498 e. The Balaban J connectivity index is 1.50. The summed E-state index contributed by atoms with van der Waals surface area (Å²) in [7, 11) is -0.476. The van der Waals surface area contributed by atoms with Crippen LogP contribution in [0.15, 0.2) is 17.6 Å². The highest BCUT2D eigenvalue weighted by atomic mass is 32.2. The summed E-state index contributed by atoms with van der Waals surface area (Å²) in [5.41, 5.74) is -0.0142. The smallest absolute Gasteiger partial charge is 0.399 e. The van der Waals surface area contributed by atoms with E-state index < -0.39 is 36.9 Å². The number of hydrogen-bond donors (Lipinski definition) is 2. The topological polar surface area (TPSA) is 105 Å². The lowest BCUT2D eigenvalue weighted by atomic mass is 9.81. The van der Waals surface area contributed by atoms with Gasteiger partial charge in [-0.2, -0.15) is 0 Å². The fourth-order valence-electron chi connectivity index (χ4n) is 3.15. The molecule has 28 heavy (non-hydrogen) atoms. The molecule has 2 aliphatic rings. The van der Waals surface area contributed by atoms with Gasteiger partial charge in [-0.25, -0.2) is 9.97 Å². The van der Waals surface area contributed by atoms with Gasteiger partial charge in [0.1, 0.15) is 0 Å². The summed E-state index contributed by atoms with van der Waals surface area (Å²) in [5.74, 6) is 0.693. The van der Waals surface area contributed by atoms with E-state index in [1.54, 1.807) is 29.1 Å². The van der Waals surface area contributed by atoms with E-state index in [1.165, 1.54) is 0 Å². The molecule has 0 unspecified atom stereocenters. The van der Waals surface area contributed by atoms with E-state index in [1.807, 2.05) is 27.7 Å². The third-order valence-electron chi connectivity index (χ3n) is 5.68. The largest absolute Gasteiger partial charge is 0.498 e. The van der Waals surface area contributed by atoms with Crippen molar-refractivity contribution in [3.63, 3.8) is 0 Å². The molecule has 2 aliphatic heterocycles. The molecule has 3 rings (SSSR count). The van der Waals surface area contributed by atoms with Crippen LogP contribution in [0.4, 0.5) is 0 Å². The predicted octanol–water partition coefficient (Wildman–Crippen LogP) is 0.0696. The monoisotopic (exact) mass is 409 g/mol. The molecule has 2 N–H and O–H groups in total. The third-order valence-corrected chi connectivity index (χ3v) is 6.78. The van der Waals surface area contributed by atoms with Gasteiger partial charge in [0.05, 0.1) is 17.8 Å². The van der Waals surface area contributed by atoms with Gasteiger partial charge in [-0.15, -0.1) is 0 Å². The maximum absolute atomic E-state index is 11.9. The Labute approximate surface area is 170 Å². The molecule has 0 aromatic carbocycles. The minimum atomic E-state index is -1.32. The zero-order valence-corrected chi connectivity index (χ0v) is 17.6. The van der Waals surface area contributed by atoms with Crippen LogP contribution < -0.4 is 5.46 Å². The normalized spacial score (nSPS) is 24.6. The fraction of sp³-hybridized carbons (Fsp3) is 0.722. The van der Waals surface area contributed by atoms with E-state index in [-0.39, 0.29) is 0 Å². The molecule has 10 heteroatoms. The molecule has 2 fully saturated rings. The molecule has 1 amide bonds. The number of hydrogen-bond acceptors (Lipinski definition) is 8. The van der Waals surface area contributed by atoms with Gasteiger partial charge in [-0.1, -0.05) is 11.8 Å². The van der Waals surface area contributed by atoms with Crippen molar-refractivity contribution in [2.75, 3.05) is 25.4 Å². The van der Waals surface area contributed by atoms with Gasteiger partial charge in [-0.05, 0) is 40.0 Å². The van der Waals surface area contributed by atoms with Crippen molar-refractivity contribution in [2.45, 2.75) is 56.6 Å². The lowest BCUT2D eigenvalue weighted by Gasteiger charge is -2.32. The SMILES string of the molecule is CC1(C)OB(c2cnc(SC[C@@H]3CCN(C(=O)[C@H](O)CO)C3)nc2)OC1(C)C. The number of nitrogens with zero attached hydrogens (tertiary/aromatic N) is 3. The van der Waals surface area contributed by atoms with Crippen molar-refractivity contribution in [1.82, 2.24) is 14.9 Å². The molecule has 0 bridgehead atoms. The highest BCUT2D eigenvalue weighted by Crippen LogP contribution is 2.36. The third kappa shape index (κ3) is 4.51. The zero-order valence-electron chi connectivity index (χ0n) is 16.8. The molecule has 0 spiro atoms. The van der Waals surface area contributed by atoms with Crippen LogP contribution in [0.3, 0.4) is 0 Å². The summed E-state index contributed by atoms with van der Waals surface area (Å²) in [4.78, 5) is 22.3. The van der Waals surface area contributed by atoms with E-state index in [0.717, 1.165) is 17.6 Å². The molecular weight excluding hydrogens is 381 g/mol. The van der Waals surface area contributed by atoms with Crippen LogP contribution in [-0.4, -0.2) is 80.9 Å². The van der Waals surface area contributed by atoms with Crippen molar-refractivity contribution in [3.8, 4) is 0 Å². The Morgan fingerprint density at radius 2 is 1.93 bits per heavy atom. The Bertz CT molecular complexity index is 687. The Kier molecular flexibility index (Phi) is 6.36. The number of aliphatic hydroxyl groups is 2. The van der Waals surface area contributed by atoms with E-state index in [0.29, 0.717) is 24.2 Å². The van der Waals surface area contributed by atoms with Crippen molar-refractivity contribution in [3.05, 3.63) is 12.4 Å². The standard InChI is InChI=1S/C18H28BN3O5S/c1-17(2)18(3,4)27-19(26-17)13-7-20-16(21-8-13)28-11-12-5-6-22(9-12)15(25)14(24)10-23/h7-8,12,14,23-24H,5-6,9-11H2,1-4H3/t12-,14-/m1/s1. The Morgan fingerprint density at radius 3 is 2.50 bits per heavy atom. The van der Waals surface area contributed by atoms with Crippen LogP contribution in [0.5, 0.6) is 0 Å². The van der Waals surface area contributed by atoms with Crippen molar-refractivity contribution < 1.29 is 24.3 Å². The fourth-order valence-corrected chi connectivity index (χ4v) is 4.06. The van der Waals surface area contributed by atoms with Crippen LogP contribution >= 0.6 is 11.8 Å². The first-order valence-corrected chi connectivity index (χ1v) is 10.5. The number of carbonyl (C=O) groups excluding carboxylic acids is 1. The molecule has 1 aromatic rings. The van der Waals surface area contributed by atoms with E-state index in [4.69, 9.17) is 14.4 Å². The van der Waals surface area contributed by atoms with E-state index in [9.17, 15) is 9.90 Å². The molecule has 0 radical (unpaired) electrons. The summed E-state index contributed by atoms with van der Waals surface area (Å²) in [6.45, 7) is 8.66. The zero-order chi connectivity index (χ0) is 20.5. The average Bonchev–Trinajstić information content (AvgIpc) is 3.21. The van der Waals surface area contributed by atoms with Crippen LogP contribution in [0.2, 0.25) is 0 Å². The van der Waals surface area contributed by atoms with Gasteiger partial charge in [0.25, 0.3) is 5.91 Å². The highest BCUT2D eigenvalue weighted by molar-refractivity contribution is 7.99. The first kappa shape index (κ1) is 21.5. The molecule has 3 heterocycles. The lowest BCUT2D eigenvalue weighted by Crippen LogP contribution is -2.41. The van der Waals surface area contributed by atoms with Crippen LogP contribution in [0.25, 0.3) is 0 Å². The second-order valence-electron chi connectivity index (χ2n) is 8.34. The molecule has 0 saturated carbocycles. The number of amides is 1. The number of rotatable bonds is 6. The highest BCUT2D eigenvalue weighted by Gasteiger charge is 2.51. The van der Waals surface area contributed by atoms with Crippen LogP contribution in [0.1, 0.15) is 34.1 Å². The van der Waals surface area contributed by atoms with Gasteiger partial charge in [0, 0.05) is 36.7 Å². The Morgan fingerprint density at radius 1 is 1.32 bits per heavy atom. The van der Waals surface area contributed by atoms with Gasteiger partial charge in [0.15, 0.2) is 11.3 Å². The number of aliphatic hydroxyl groups excluding tert-OH is 2. The number of aromatic nitrogens is 2. The molecule has 8 nitrogen and oxygen atoms in total. The van der Waals surface area contributed by atoms with Gasteiger partial charge >= 0.3 is 7.12 Å². The molecule has 0 aliphatic carbocycles. The number of carbonyl (C=O) groups is 1. The molecule has 154 valence electrons. The first-order chi connectivity index (χ1) is 13.1. The van der Waals surface area contributed by atoms with Gasteiger partial charge in [-0.3, -0.25) is 4.79 Å². The molecule has 2 saturated heterocycles. The maximum atomic E-state index is 11.9. The summed E-state index contributed by atoms with van der Waals surface area (Å²) in [6.07, 6.45) is 3.01. The Hall–Kier alpha value is -1.20. The average molecular weight is 409 g/mol. The minimum absolute atomic E-state index is 0.311. The number of likely N-dealkylation sites (tertiary alicyclic amines) is 1. The van der Waals surface area contributed by atoms with Crippen molar-refractivity contribution >= 4 is 30.3 Å². The molecular formula is C18H28BN3O5S. The summed E-state index contributed by atoms with van der Waals surface area (Å²) < 4.78 is 12.0. The predicted molar refractivity (Wildman–Crippen MR) is 106 cm³/mol. The number of thioether (sulfide) groups is 1. The lowest BCUT2D eigenvalue weighted by molar-refractivity contribution is -0.141. The quantitative estimate of drug-likeness (QED) is 0.387. The molecule has 2 atom stereocenters. The summed E-state index contributed by atoms with van der Waals surface area (Å²) in [6, 6.07) is 0. The van der Waals surface area contributed by atoms with Crippen molar-refractivity contribution in [1.29, 1.82) is 0 Å². The first-order valence-electron chi connectivity index (χ1n) is 9.51. The minimum Gasteiger partial charge on any atom is -0.399 e. The van der Waals surface area contributed by atoms with E-state index >= 15 is 0 Å². The van der Waals surface area contributed by atoms with Gasteiger partial charge < -0.3 is 24.4 Å². The van der Waals surface area contributed by atoms with Crippen LogP contribution in [0, 0.1) is 5.92 Å². The second-order valence-corrected chi connectivity index (χ2v) is 9.32.